The minimum Gasteiger partial charge on any atom is -0.446 e. The molecule has 1 aromatic heterocycles. The monoisotopic (exact) mass is 384 g/mol. The number of fused-ring (bicyclic) bond motifs is 1. The third-order valence-electron chi connectivity index (χ3n) is 6.21. The fraction of sp³-hybridized carbons (Fsp3) is 0.571. The number of hydrogen-bond donors (Lipinski definition) is 2. The van der Waals surface area contributed by atoms with E-state index in [2.05, 4.69) is 10.3 Å². The fourth-order valence-electron chi connectivity index (χ4n) is 4.56. The number of likely N-dealkylation sites (tertiary alicyclic amines) is 1. The van der Waals surface area contributed by atoms with E-state index >= 15 is 0 Å². The molecule has 3 aliphatic rings. The van der Waals surface area contributed by atoms with Crippen LogP contribution in [-0.4, -0.2) is 47.6 Å². The Morgan fingerprint density at radius 3 is 2.68 bits per heavy atom. The van der Waals surface area contributed by atoms with Crippen molar-refractivity contribution in [3.8, 4) is 0 Å². The summed E-state index contributed by atoms with van der Waals surface area (Å²) in [5, 5.41) is 2.93. The van der Waals surface area contributed by atoms with Crippen LogP contribution < -0.4 is 11.1 Å². The number of carbonyl (C=O) groups is 2. The van der Waals surface area contributed by atoms with Crippen molar-refractivity contribution in [3.05, 3.63) is 30.0 Å². The van der Waals surface area contributed by atoms with Gasteiger partial charge in [-0.3, -0.25) is 4.79 Å². The van der Waals surface area contributed by atoms with Gasteiger partial charge in [0.1, 0.15) is 11.9 Å². The van der Waals surface area contributed by atoms with Crippen LogP contribution in [0.3, 0.4) is 0 Å². The van der Waals surface area contributed by atoms with Gasteiger partial charge in [0.2, 0.25) is 5.91 Å². The average molecular weight is 384 g/mol. The van der Waals surface area contributed by atoms with Gasteiger partial charge in [-0.05, 0) is 73.6 Å². The number of nitrogens with two attached hydrogens (primary N) is 1. The molecule has 0 spiro atoms. The van der Waals surface area contributed by atoms with Gasteiger partial charge in [0.25, 0.3) is 0 Å². The predicted molar refractivity (Wildman–Crippen MR) is 106 cm³/mol. The molecule has 1 aromatic rings. The maximum atomic E-state index is 12.2. The molecule has 2 atom stereocenters. The molecule has 7 heteroatoms. The van der Waals surface area contributed by atoms with Crippen LogP contribution in [0, 0.1) is 17.8 Å². The number of rotatable bonds is 6. The average Bonchev–Trinajstić information content (AvgIpc) is 3.09. The Labute approximate surface area is 165 Å². The Bertz CT molecular complexity index is 731. The number of carbonyl (C=O) groups excluding carboxylic acids is 2. The number of hydrogen-bond acceptors (Lipinski definition) is 5. The van der Waals surface area contributed by atoms with E-state index in [-0.39, 0.29) is 18.1 Å². The number of nitrogens with one attached hydrogen (secondary N) is 1. The highest BCUT2D eigenvalue weighted by atomic mass is 16.6. The van der Waals surface area contributed by atoms with E-state index in [9.17, 15) is 9.59 Å². The van der Waals surface area contributed by atoms with Crippen molar-refractivity contribution >= 4 is 23.9 Å². The minimum atomic E-state index is -0.131. The number of amides is 2. The Kier molecular flexibility index (Phi) is 5.50. The standard InChI is InChI=1S/C21H28N4O3/c22-19-7-5-14(11-24-19)6-8-20(26)23-10-9-16-17-12-25(13-18(16)17)21(27)28-15-3-1-2-4-15/h5-8,11,15-18H,1-4,9-10,12-13H2,(H2,22,24)(H,23,26)/b8-6+. The smallest absolute Gasteiger partial charge is 0.410 e. The minimum absolute atomic E-state index is 0.107. The molecule has 150 valence electrons. The maximum Gasteiger partial charge on any atom is 0.410 e. The zero-order chi connectivity index (χ0) is 19.5. The van der Waals surface area contributed by atoms with Crippen molar-refractivity contribution < 1.29 is 14.3 Å². The van der Waals surface area contributed by atoms with Crippen LogP contribution in [0.2, 0.25) is 0 Å². The summed E-state index contributed by atoms with van der Waals surface area (Å²) in [6.07, 6.45) is 10.2. The lowest BCUT2D eigenvalue weighted by atomic mass is 10.2. The Morgan fingerprint density at radius 2 is 2.00 bits per heavy atom. The van der Waals surface area contributed by atoms with Crippen molar-refractivity contribution in [1.29, 1.82) is 0 Å². The van der Waals surface area contributed by atoms with Crippen molar-refractivity contribution in [2.45, 2.75) is 38.2 Å². The van der Waals surface area contributed by atoms with Crippen molar-refractivity contribution in [1.82, 2.24) is 15.2 Å². The normalized spacial score (nSPS) is 26.4. The number of nitrogens with zero attached hydrogens (tertiary/aromatic N) is 2. The molecule has 4 rings (SSSR count). The highest BCUT2D eigenvalue weighted by Gasteiger charge is 2.56. The zero-order valence-corrected chi connectivity index (χ0v) is 16.0. The molecule has 2 heterocycles. The Hall–Kier alpha value is -2.57. The zero-order valence-electron chi connectivity index (χ0n) is 16.0. The molecule has 3 N–H and O–H groups in total. The largest absolute Gasteiger partial charge is 0.446 e. The van der Waals surface area contributed by atoms with Gasteiger partial charge >= 0.3 is 6.09 Å². The van der Waals surface area contributed by atoms with E-state index in [1.54, 1.807) is 18.3 Å². The number of nitrogen functional groups attached to an aromatic ring is 1. The maximum absolute atomic E-state index is 12.2. The summed E-state index contributed by atoms with van der Waals surface area (Å²) in [6, 6.07) is 3.53. The number of anilines is 1. The van der Waals surface area contributed by atoms with Gasteiger partial charge in [-0.1, -0.05) is 0 Å². The van der Waals surface area contributed by atoms with Gasteiger partial charge in [-0.2, -0.15) is 0 Å². The van der Waals surface area contributed by atoms with Crippen molar-refractivity contribution in [2.24, 2.45) is 17.8 Å². The van der Waals surface area contributed by atoms with Crippen LogP contribution in [0.15, 0.2) is 24.4 Å². The topological polar surface area (TPSA) is 97.6 Å². The van der Waals surface area contributed by atoms with Crippen LogP contribution in [0.1, 0.15) is 37.7 Å². The number of aromatic nitrogens is 1. The van der Waals surface area contributed by atoms with Gasteiger partial charge in [0.15, 0.2) is 0 Å². The summed E-state index contributed by atoms with van der Waals surface area (Å²) >= 11 is 0. The van der Waals surface area contributed by atoms with Gasteiger partial charge in [-0.15, -0.1) is 0 Å². The molecular formula is C21H28N4O3. The quantitative estimate of drug-likeness (QED) is 0.734. The number of pyridine rings is 1. The molecule has 1 saturated heterocycles. The third-order valence-corrected chi connectivity index (χ3v) is 6.21. The van der Waals surface area contributed by atoms with E-state index in [1.165, 1.54) is 18.9 Å². The summed E-state index contributed by atoms with van der Waals surface area (Å²) in [4.78, 5) is 30.0. The predicted octanol–water partition coefficient (Wildman–Crippen LogP) is 2.44. The lowest BCUT2D eigenvalue weighted by Gasteiger charge is -2.22. The van der Waals surface area contributed by atoms with Crippen molar-refractivity contribution in [3.63, 3.8) is 0 Å². The first-order valence-electron chi connectivity index (χ1n) is 10.2. The molecule has 3 fully saturated rings. The van der Waals surface area contributed by atoms with Crippen LogP contribution in [0.4, 0.5) is 10.6 Å². The SMILES string of the molecule is Nc1ccc(/C=C/C(=O)NCCC2C3CN(C(=O)OC4CCCC4)CC23)cn1. The van der Waals surface area contributed by atoms with E-state index in [1.807, 2.05) is 11.0 Å². The molecule has 2 saturated carbocycles. The third kappa shape index (κ3) is 4.46. The Morgan fingerprint density at radius 1 is 1.25 bits per heavy atom. The van der Waals surface area contributed by atoms with Crippen molar-refractivity contribution in [2.75, 3.05) is 25.4 Å². The van der Waals surface area contributed by atoms with Gasteiger partial charge in [0, 0.05) is 31.9 Å². The summed E-state index contributed by atoms with van der Waals surface area (Å²) in [6.45, 7) is 2.27. The summed E-state index contributed by atoms with van der Waals surface area (Å²) in [5.41, 5.74) is 6.38. The molecule has 1 aliphatic heterocycles. The molecule has 2 unspecified atom stereocenters. The van der Waals surface area contributed by atoms with E-state index in [0.717, 1.165) is 37.9 Å². The summed E-state index contributed by atoms with van der Waals surface area (Å²) in [7, 11) is 0. The van der Waals surface area contributed by atoms with Crippen LogP contribution in [-0.2, 0) is 9.53 Å². The second-order valence-corrected chi connectivity index (χ2v) is 8.12. The second kappa shape index (κ2) is 8.20. The summed E-state index contributed by atoms with van der Waals surface area (Å²) in [5.74, 6) is 2.11. The second-order valence-electron chi connectivity index (χ2n) is 8.12. The first kappa shape index (κ1) is 18.8. The van der Waals surface area contributed by atoms with Crippen LogP contribution in [0.25, 0.3) is 6.08 Å². The van der Waals surface area contributed by atoms with Gasteiger partial charge in [0.05, 0.1) is 0 Å². The highest BCUT2D eigenvalue weighted by molar-refractivity contribution is 5.91. The molecule has 28 heavy (non-hydrogen) atoms. The summed E-state index contributed by atoms with van der Waals surface area (Å²) < 4.78 is 5.59. The molecule has 7 nitrogen and oxygen atoms in total. The molecule has 0 bridgehead atoms. The molecule has 0 aromatic carbocycles. The van der Waals surface area contributed by atoms with Gasteiger partial charge < -0.3 is 20.7 Å². The fourth-order valence-corrected chi connectivity index (χ4v) is 4.56. The molecular weight excluding hydrogens is 356 g/mol. The molecule has 2 aliphatic carbocycles. The first-order valence-corrected chi connectivity index (χ1v) is 10.2. The van der Waals surface area contributed by atoms with Crippen LogP contribution >= 0.6 is 0 Å². The van der Waals surface area contributed by atoms with E-state index in [4.69, 9.17) is 10.5 Å². The number of ether oxygens (including phenoxy) is 1. The lowest BCUT2D eigenvalue weighted by molar-refractivity contribution is -0.116. The molecule has 0 radical (unpaired) electrons. The lowest BCUT2D eigenvalue weighted by Crippen LogP contribution is -2.34. The van der Waals surface area contributed by atoms with Gasteiger partial charge in [-0.25, -0.2) is 9.78 Å². The van der Waals surface area contributed by atoms with E-state index < -0.39 is 0 Å². The Balaban J connectivity index is 1.12. The first-order chi connectivity index (χ1) is 13.6. The van der Waals surface area contributed by atoms with Crippen LogP contribution in [0.5, 0.6) is 0 Å². The molecule has 2 amide bonds. The highest BCUT2D eigenvalue weighted by Crippen LogP contribution is 2.53. The number of piperidine rings is 1. The van der Waals surface area contributed by atoms with E-state index in [0.29, 0.717) is 30.1 Å².